The molecule has 2 nitrogen and oxygen atoms in total. The zero-order valence-electron chi connectivity index (χ0n) is 7.61. The highest BCUT2D eigenvalue weighted by Gasteiger charge is 2.26. The summed E-state index contributed by atoms with van der Waals surface area (Å²) in [6.45, 7) is 0.0823. The van der Waals surface area contributed by atoms with E-state index in [-0.39, 0.29) is 12.6 Å². The Hall–Kier alpha value is -0.860. The first-order valence-electron chi connectivity index (χ1n) is 4.77. The number of hydrogen-bond acceptors (Lipinski definition) is 2. The van der Waals surface area contributed by atoms with Gasteiger partial charge in [-0.15, -0.1) is 0 Å². The second kappa shape index (κ2) is 3.48. The molecular formula is C11H15NO. The summed E-state index contributed by atoms with van der Waals surface area (Å²) in [5, 5.41) is 9.00. The second-order valence-corrected chi connectivity index (χ2v) is 3.69. The van der Waals surface area contributed by atoms with Crippen LogP contribution in [-0.2, 0) is 6.42 Å². The van der Waals surface area contributed by atoms with Crippen LogP contribution in [0.4, 0.5) is 0 Å². The zero-order chi connectivity index (χ0) is 9.26. The molecule has 2 heteroatoms. The van der Waals surface area contributed by atoms with Crippen molar-refractivity contribution in [2.75, 3.05) is 6.61 Å². The molecule has 0 aromatic heterocycles. The Labute approximate surface area is 78.4 Å². The third kappa shape index (κ3) is 1.47. The van der Waals surface area contributed by atoms with Crippen molar-refractivity contribution in [3.63, 3.8) is 0 Å². The normalized spacial score (nSPS) is 22.8. The third-order valence-electron chi connectivity index (χ3n) is 2.91. The van der Waals surface area contributed by atoms with E-state index in [0.717, 1.165) is 12.8 Å². The van der Waals surface area contributed by atoms with Gasteiger partial charge in [-0.25, -0.2) is 0 Å². The summed E-state index contributed by atoms with van der Waals surface area (Å²) in [6, 6.07) is 8.29. The summed E-state index contributed by atoms with van der Waals surface area (Å²) >= 11 is 0. The number of aliphatic hydroxyl groups excluding tert-OH is 1. The molecule has 0 aliphatic heterocycles. The van der Waals surface area contributed by atoms with Gasteiger partial charge in [0.25, 0.3) is 0 Å². The van der Waals surface area contributed by atoms with Crippen LogP contribution in [0.3, 0.4) is 0 Å². The topological polar surface area (TPSA) is 46.2 Å². The minimum Gasteiger partial charge on any atom is -0.395 e. The molecule has 0 amide bonds. The van der Waals surface area contributed by atoms with E-state index in [1.165, 1.54) is 11.1 Å². The average Bonchev–Trinajstić information content (AvgIpc) is 2.60. The molecule has 13 heavy (non-hydrogen) atoms. The Kier molecular flexibility index (Phi) is 2.34. The Morgan fingerprint density at radius 1 is 1.46 bits per heavy atom. The van der Waals surface area contributed by atoms with Crippen molar-refractivity contribution in [1.29, 1.82) is 0 Å². The summed E-state index contributed by atoms with van der Waals surface area (Å²) in [4.78, 5) is 0. The molecule has 1 aromatic carbocycles. The van der Waals surface area contributed by atoms with E-state index >= 15 is 0 Å². The number of aliphatic hydroxyl groups is 1. The van der Waals surface area contributed by atoms with E-state index in [9.17, 15) is 0 Å². The number of hydrogen-bond donors (Lipinski definition) is 2. The van der Waals surface area contributed by atoms with Crippen molar-refractivity contribution in [2.24, 2.45) is 5.73 Å². The van der Waals surface area contributed by atoms with Crippen LogP contribution in [0.1, 0.15) is 23.5 Å². The molecule has 0 radical (unpaired) electrons. The highest BCUT2D eigenvalue weighted by atomic mass is 16.3. The highest BCUT2D eigenvalue weighted by Crippen LogP contribution is 2.34. The number of nitrogens with two attached hydrogens (primary N) is 1. The summed E-state index contributed by atoms with van der Waals surface area (Å²) < 4.78 is 0. The van der Waals surface area contributed by atoms with Gasteiger partial charge in [-0.2, -0.15) is 0 Å². The van der Waals surface area contributed by atoms with Crippen LogP contribution < -0.4 is 5.73 Å². The fourth-order valence-corrected chi connectivity index (χ4v) is 2.16. The van der Waals surface area contributed by atoms with Crippen molar-refractivity contribution in [1.82, 2.24) is 0 Å². The van der Waals surface area contributed by atoms with E-state index in [1.54, 1.807) is 0 Å². The van der Waals surface area contributed by atoms with Gasteiger partial charge in [0.1, 0.15) is 0 Å². The van der Waals surface area contributed by atoms with E-state index in [1.807, 2.05) is 6.07 Å². The molecule has 0 spiro atoms. The van der Waals surface area contributed by atoms with Gasteiger partial charge in [0, 0.05) is 12.0 Å². The van der Waals surface area contributed by atoms with Crippen LogP contribution in [0, 0.1) is 0 Å². The third-order valence-corrected chi connectivity index (χ3v) is 2.91. The van der Waals surface area contributed by atoms with Crippen LogP contribution in [0.15, 0.2) is 24.3 Å². The quantitative estimate of drug-likeness (QED) is 0.709. The molecule has 70 valence electrons. The lowest BCUT2D eigenvalue weighted by molar-refractivity contribution is 0.248. The maximum absolute atomic E-state index is 9.00. The molecular weight excluding hydrogens is 162 g/mol. The standard InChI is InChI=1S/C11H15NO/c12-11(7-13)10-6-5-8-3-1-2-4-9(8)10/h1-4,10-11,13H,5-7,12H2/t10?,11-/m1/s1. The zero-order valence-corrected chi connectivity index (χ0v) is 7.61. The molecule has 1 aliphatic carbocycles. The van der Waals surface area contributed by atoms with Gasteiger partial charge in [-0.05, 0) is 24.0 Å². The molecule has 0 saturated carbocycles. The lowest BCUT2D eigenvalue weighted by Gasteiger charge is -2.17. The molecule has 0 bridgehead atoms. The number of rotatable bonds is 2. The molecule has 2 rings (SSSR count). The fraction of sp³-hybridized carbons (Fsp3) is 0.455. The first-order valence-corrected chi connectivity index (χ1v) is 4.77. The average molecular weight is 177 g/mol. The molecule has 0 fully saturated rings. The van der Waals surface area contributed by atoms with Crippen molar-refractivity contribution < 1.29 is 5.11 Å². The maximum Gasteiger partial charge on any atom is 0.0588 e. The van der Waals surface area contributed by atoms with Crippen molar-refractivity contribution in [3.8, 4) is 0 Å². The molecule has 3 N–H and O–H groups in total. The minimum atomic E-state index is -0.0938. The van der Waals surface area contributed by atoms with Gasteiger partial charge in [0.05, 0.1) is 6.61 Å². The predicted molar refractivity (Wildman–Crippen MR) is 52.6 cm³/mol. The van der Waals surface area contributed by atoms with Crippen LogP contribution in [0.2, 0.25) is 0 Å². The van der Waals surface area contributed by atoms with Crippen molar-refractivity contribution in [3.05, 3.63) is 35.4 Å². The van der Waals surface area contributed by atoms with E-state index in [2.05, 4.69) is 18.2 Å². The molecule has 1 aliphatic rings. The number of benzene rings is 1. The van der Waals surface area contributed by atoms with Gasteiger partial charge in [-0.3, -0.25) is 0 Å². The second-order valence-electron chi connectivity index (χ2n) is 3.69. The molecule has 1 aromatic rings. The maximum atomic E-state index is 9.00. The van der Waals surface area contributed by atoms with Gasteiger partial charge >= 0.3 is 0 Å². The monoisotopic (exact) mass is 177 g/mol. The number of fused-ring (bicyclic) bond motifs is 1. The van der Waals surface area contributed by atoms with Gasteiger partial charge in [-0.1, -0.05) is 24.3 Å². The SMILES string of the molecule is N[C@H](CO)C1CCc2ccccc21. The summed E-state index contributed by atoms with van der Waals surface area (Å²) in [6.07, 6.45) is 2.19. The molecule has 0 heterocycles. The summed E-state index contributed by atoms with van der Waals surface area (Å²) in [5.74, 6) is 0.362. The Morgan fingerprint density at radius 2 is 2.23 bits per heavy atom. The van der Waals surface area contributed by atoms with Crippen LogP contribution in [0.25, 0.3) is 0 Å². The van der Waals surface area contributed by atoms with Crippen molar-refractivity contribution >= 4 is 0 Å². The Bertz CT molecular complexity index is 298. The van der Waals surface area contributed by atoms with E-state index in [4.69, 9.17) is 10.8 Å². The molecule has 2 atom stereocenters. The molecule has 1 unspecified atom stereocenters. The van der Waals surface area contributed by atoms with E-state index < -0.39 is 0 Å². The van der Waals surface area contributed by atoms with Crippen LogP contribution in [-0.4, -0.2) is 17.8 Å². The van der Waals surface area contributed by atoms with E-state index in [0.29, 0.717) is 5.92 Å². The summed E-state index contributed by atoms with van der Waals surface area (Å²) in [5.41, 5.74) is 8.58. The molecule has 0 saturated heterocycles. The first kappa shape index (κ1) is 8.73. The van der Waals surface area contributed by atoms with Gasteiger partial charge < -0.3 is 10.8 Å². The first-order chi connectivity index (χ1) is 6.33. The highest BCUT2D eigenvalue weighted by molar-refractivity contribution is 5.35. The van der Waals surface area contributed by atoms with Crippen LogP contribution >= 0.6 is 0 Å². The lowest BCUT2D eigenvalue weighted by atomic mass is 9.94. The smallest absolute Gasteiger partial charge is 0.0588 e. The minimum absolute atomic E-state index is 0.0823. The fourth-order valence-electron chi connectivity index (χ4n) is 2.16. The van der Waals surface area contributed by atoms with Gasteiger partial charge in [0.2, 0.25) is 0 Å². The number of aryl methyl sites for hydroxylation is 1. The predicted octanol–water partition coefficient (Wildman–Crippen LogP) is 1.04. The van der Waals surface area contributed by atoms with Gasteiger partial charge in [0.15, 0.2) is 0 Å². The Morgan fingerprint density at radius 3 is 3.00 bits per heavy atom. The van der Waals surface area contributed by atoms with Crippen LogP contribution in [0.5, 0.6) is 0 Å². The largest absolute Gasteiger partial charge is 0.395 e. The van der Waals surface area contributed by atoms with Crippen molar-refractivity contribution in [2.45, 2.75) is 24.8 Å². The Balaban J connectivity index is 2.28. The lowest BCUT2D eigenvalue weighted by Crippen LogP contribution is -2.30. The summed E-state index contributed by atoms with van der Waals surface area (Å²) in [7, 11) is 0.